The van der Waals surface area contributed by atoms with E-state index >= 15 is 0 Å². The fourth-order valence-electron chi connectivity index (χ4n) is 3.76. The number of benzene rings is 2. The molecule has 0 saturated heterocycles. The number of rotatable bonds is 3. The van der Waals surface area contributed by atoms with Crippen molar-refractivity contribution >= 4 is 11.7 Å². The number of nitrogens with zero attached hydrogens (tertiary/aromatic N) is 2. The first kappa shape index (κ1) is 20.2. The largest absolute Gasteiger partial charge is 0.444 e. The summed E-state index contributed by atoms with van der Waals surface area (Å²) in [7, 11) is 0. The fourth-order valence-corrected chi connectivity index (χ4v) is 3.76. The van der Waals surface area contributed by atoms with Gasteiger partial charge in [0.1, 0.15) is 23.3 Å². The molecular weight excluding hydrogens is 362 g/mol. The first-order valence-electron chi connectivity index (χ1n) is 9.51. The van der Waals surface area contributed by atoms with Crippen molar-refractivity contribution < 1.29 is 9.53 Å². The van der Waals surface area contributed by atoms with Gasteiger partial charge in [0.2, 0.25) is 0 Å². The molecule has 146 valence electrons. The third kappa shape index (κ3) is 4.47. The Balaban J connectivity index is 2.08. The quantitative estimate of drug-likeness (QED) is 0.759. The van der Waals surface area contributed by atoms with E-state index in [1.807, 2.05) is 87.5 Å². The molecule has 1 aliphatic carbocycles. The number of fused-ring (bicyclic) bond motifs is 1. The van der Waals surface area contributed by atoms with Crippen LogP contribution in [0.3, 0.4) is 0 Å². The lowest BCUT2D eigenvalue weighted by Gasteiger charge is -2.28. The molecule has 1 amide bonds. The van der Waals surface area contributed by atoms with Crippen LogP contribution in [-0.2, 0) is 11.2 Å². The smallest absolute Gasteiger partial charge is 0.408 e. The molecule has 1 aliphatic rings. The van der Waals surface area contributed by atoms with Gasteiger partial charge < -0.3 is 10.1 Å². The predicted molar refractivity (Wildman–Crippen MR) is 110 cm³/mol. The summed E-state index contributed by atoms with van der Waals surface area (Å²) in [6.07, 6.45) is 0.0883. The van der Waals surface area contributed by atoms with Gasteiger partial charge in [0.05, 0.1) is 6.04 Å². The second-order valence-electron chi connectivity index (χ2n) is 8.01. The van der Waals surface area contributed by atoms with E-state index in [2.05, 4.69) is 5.32 Å². The molecule has 0 aromatic heterocycles. The van der Waals surface area contributed by atoms with Crippen LogP contribution in [0, 0.1) is 28.6 Å². The number of ether oxygens (including phenoxy) is 1. The van der Waals surface area contributed by atoms with Crippen molar-refractivity contribution in [3.63, 3.8) is 0 Å². The van der Waals surface area contributed by atoms with Crippen molar-refractivity contribution in [2.45, 2.75) is 38.8 Å². The van der Waals surface area contributed by atoms with Gasteiger partial charge in [0.25, 0.3) is 0 Å². The lowest BCUT2D eigenvalue weighted by Crippen LogP contribution is -2.38. The molecule has 2 aromatic carbocycles. The van der Waals surface area contributed by atoms with Crippen LogP contribution < -0.4 is 5.32 Å². The average molecular weight is 385 g/mol. The Morgan fingerprint density at radius 2 is 1.69 bits per heavy atom. The summed E-state index contributed by atoms with van der Waals surface area (Å²) in [4.78, 5) is 12.6. The minimum Gasteiger partial charge on any atom is -0.444 e. The number of allylic oxidation sites excluding steroid dienone is 1. The number of nitrogens with one attached hydrogen (secondary N) is 1. The number of alkyl carbamates (subject to hydrolysis) is 1. The first-order chi connectivity index (χ1) is 13.8. The van der Waals surface area contributed by atoms with Crippen LogP contribution in [0.15, 0.2) is 60.2 Å². The number of carbonyl (C=O) groups excluding carboxylic acids is 1. The summed E-state index contributed by atoms with van der Waals surface area (Å²) in [5.74, 6) is -0.253. The standard InChI is InChI=1S/C24H23N3O2/c1-24(2,3)29-23(28)27-22(16-9-5-4-6-10-16)20-13-17-11-7-8-12-19(17)21(20)18(14-25)15-26/h4-12,20,22H,13H2,1-3H3,(H,27,28)/t20?,22-/m1/s1. The summed E-state index contributed by atoms with van der Waals surface area (Å²) >= 11 is 0. The van der Waals surface area contributed by atoms with Crippen molar-refractivity contribution in [1.29, 1.82) is 10.5 Å². The fraction of sp³-hybridized carbons (Fsp3) is 0.292. The van der Waals surface area contributed by atoms with Crippen LogP contribution in [0.5, 0.6) is 0 Å². The highest BCUT2D eigenvalue weighted by Gasteiger charge is 2.37. The average Bonchev–Trinajstić information content (AvgIpc) is 3.06. The SMILES string of the molecule is CC(C)(C)OC(=O)N[C@H](c1ccccc1)C1Cc2ccccc2C1=C(C#N)C#N. The Hall–Kier alpha value is -3.57. The lowest BCUT2D eigenvalue weighted by atomic mass is 9.85. The molecule has 0 saturated carbocycles. The number of carbonyl (C=O) groups is 1. The molecule has 3 rings (SSSR count). The maximum atomic E-state index is 12.6. The third-order valence-electron chi connectivity index (χ3n) is 4.84. The highest BCUT2D eigenvalue weighted by Crippen LogP contribution is 2.45. The van der Waals surface area contributed by atoms with Gasteiger partial charge in [-0.25, -0.2) is 4.79 Å². The molecule has 0 bridgehead atoms. The molecule has 0 heterocycles. The van der Waals surface area contributed by atoms with Crippen molar-refractivity contribution in [3.8, 4) is 12.1 Å². The van der Waals surface area contributed by atoms with Crippen molar-refractivity contribution in [2.75, 3.05) is 0 Å². The van der Waals surface area contributed by atoms with Gasteiger partial charge in [-0.15, -0.1) is 0 Å². The predicted octanol–water partition coefficient (Wildman–Crippen LogP) is 4.93. The van der Waals surface area contributed by atoms with Gasteiger partial charge in [0.15, 0.2) is 0 Å². The first-order valence-corrected chi connectivity index (χ1v) is 9.51. The summed E-state index contributed by atoms with van der Waals surface area (Å²) in [5, 5.41) is 22.1. The summed E-state index contributed by atoms with van der Waals surface area (Å²) < 4.78 is 5.48. The Kier molecular flexibility index (Phi) is 5.71. The molecule has 5 nitrogen and oxygen atoms in total. The van der Waals surface area contributed by atoms with Crippen LogP contribution in [-0.4, -0.2) is 11.7 Å². The van der Waals surface area contributed by atoms with Crippen LogP contribution in [0.25, 0.3) is 5.57 Å². The zero-order valence-electron chi connectivity index (χ0n) is 16.8. The second kappa shape index (κ2) is 8.20. The molecule has 0 spiro atoms. The monoisotopic (exact) mass is 385 g/mol. The Morgan fingerprint density at radius 3 is 2.31 bits per heavy atom. The zero-order chi connectivity index (χ0) is 21.0. The van der Waals surface area contributed by atoms with Crippen molar-refractivity contribution in [2.24, 2.45) is 5.92 Å². The summed E-state index contributed by atoms with van der Waals surface area (Å²) in [6, 6.07) is 21.0. The molecule has 2 atom stereocenters. The van der Waals surface area contributed by atoms with E-state index in [9.17, 15) is 15.3 Å². The van der Waals surface area contributed by atoms with E-state index in [0.717, 1.165) is 16.7 Å². The maximum absolute atomic E-state index is 12.6. The molecular formula is C24H23N3O2. The van der Waals surface area contributed by atoms with E-state index < -0.39 is 17.7 Å². The number of nitriles is 2. The van der Waals surface area contributed by atoms with Crippen LogP contribution in [0.2, 0.25) is 0 Å². The van der Waals surface area contributed by atoms with Crippen molar-refractivity contribution in [1.82, 2.24) is 5.32 Å². The van der Waals surface area contributed by atoms with E-state index in [1.54, 1.807) is 0 Å². The molecule has 5 heteroatoms. The van der Waals surface area contributed by atoms with Crippen LogP contribution in [0.4, 0.5) is 4.79 Å². The van der Waals surface area contributed by atoms with Gasteiger partial charge in [-0.1, -0.05) is 54.6 Å². The number of amides is 1. The minimum absolute atomic E-state index is 0.0758. The van der Waals surface area contributed by atoms with E-state index in [-0.39, 0.29) is 11.5 Å². The molecule has 2 aromatic rings. The third-order valence-corrected chi connectivity index (χ3v) is 4.84. The zero-order valence-corrected chi connectivity index (χ0v) is 16.8. The normalized spacial score (nSPS) is 16.2. The van der Waals surface area contributed by atoms with Crippen molar-refractivity contribution in [3.05, 3.63) is 76.9 Å². The highest BCUT2D eigenvalue weighted by molar-refractivity contribution is 5.83. The molecule has 0 radical (unpaired) electrons. The van der Waals surface area contributed by atoms with E-state index in [4.69, 9.17) is 4.74 Å². The van der Waals surface area contributed by atoms with E-state index in [1.165, 1.54) is 0 Å². The number of hydrogen-bond acceptors (Lipinski definition) is 4. The Morgan fingerprint density at radius 1 is 1.07 bits per heavy atom. The molecule has 1 unspecified atom stereocenters. The van der Waals surface area contributed by atoms with Gasteiger partial charge in [-0.05, 0) is 49.5 Å². The van der Waals surface area contributed by atoms with Crippen LogP contribution in [0.1, 0.15) is 43.5 Å². The number of hydrogen-bond donors (Lipinski definition) is 1. The molecule has 1 N–H and O–H groups in total. The summed E-state index contributed by atoms with van der Waals surface area (Å²) in [5.41, 5.74) is 2.96. The van der Waals surface area contributed by atoms with Gasteiger partial charge in [-0.2, -0.15) is 10.5 Å². The van der Waals surface area contributed by atoms with Gasteiger partial charge in [0, 0.05) is 5.92 Å². The maximum Gasteiger partial charge on any atom is 0.408 e. The van der Waals surface area contributed by atoms with E-state index in [0.29, 0.717) is 12.0 Å². The van der Waals surface area contributed by atoms with Gasteiger partial charge in [-0.3, -0.25) is 0 Å². The highest BCUT2D eigenvalue weighted by atomic mass is 16.6. The van der Waals surface area contributed by atoms with Crippen LogP contribution >= 0.6 is 0 Å². The minimum atomic E-state index is -0.632. The van der Waals surface area contributed by atoms with Gasteiger partial charge >= 0.3 is 6.09 Å². The topological polar surface area (TPSA) is 85.9 Å². The second-order valence-corrected chi connectivity index (χ2v) is 8.01. The molecule has 29 heavy (non-hydrogen) atoms. The Bertz CT molecular complexity index is 1000. The molecule has 0 aliphatic heterocycles. The molecule has 0 fully saturated rings. The summed E-state index contributed by atoms with van der Waals surface area (Å²) in [6.45, 7) is 5.43. The Labute approximate surface area is 171 Å². The lowest BCUT2D eigenvalue weighted by molar-refractivity contribution is 0.0493.